The van der Waals surface area contributed by atoms with Crippen molar-refractivity contribution in [3.05, 3.63) is 94.5 Å². The molecule has 3 atom stereocenters. The second kappa shape index (κ2) is 13.6. The lowest BCUT2D eigenvalue weighted by molar-refractivity contribution is 0.0919. The molecular formula is C38H51N9O. The van der Waals surface area contributed by atoms with Gasteiger partial charge in [0.1, 0.15) is 6.04 Å². The molecule has 10 heteroatoms. The van der Waals surface area contributed by atoms with E-state index in [4.69, 9.17) is 0 Å². The third-order valence-electron chi connectivity index (χ3n) is 9.24. The minimum Gasteiger partial charge on any atom is -0.380 e. The van der Waals surface area contributed by atoms with E-state index in [-0.39, 0.29) is 29.1 Å². The van der Waals surface area contributed by atoms with Crippen LogP contribution in [0.3, 0.4) is 0 Å². The topological polar surface area (TPSA) is 135 Å². The van der Waals surface area contributed by atoms with Gasteiger partial charge in [-0.1, -0.05) is 31.4 Å². The minimum atomic E-state index is -0.752. The number of hydrogen-bond donors (Lipinski definition) is 4. The number of carbonyl (C=O) groups is 1. The molecular weight excluding hydrogens is 598 g/mol. The van der Waals surface area contributed by atoms with Gasteiger partial charge in [0.05, 0.1) is 11.5 Å². The van der Waals surface area contributed by atoms with Crippen LogP contribution in [0, 0.1) is 11.3 Å². The fraction of sp³-hybridized carbons (Fsp3) is 0.500. The molecule has 2 aliphatic rings. The van der Waals surface area contributed by atoms with E-state index in [0.29, 0.717) is 24.4 Å². The van der Waals surface area contributed by atoms with E-state index in [1.165, 1.54) is 5.56 Å². The summed E-state index contributed by atoms with van der Waals surface area (Å²) in [6.07, 6.45) is 4.02. The summed E-state index contributed by atoms with van der Waals surface area (Å²) in [6, 6.07) is 14.9. The number of rotatable bonds is 10. The van der Waals surface area contributed by atoms with E-state index in [0.717, 1.165) is 65.9 Å². The summed E-state index contributed by atoms with van der Waals surface area (Å²) in [5.74, 6) is 0.548. The molecule has 1 aromatic heterocycles. The van der Waals surface area contributed by atoms with E-state index in [2.05, 4.69) is 113 Å². The highest BCUT2D eigenvalue weighted by atomic mass is 16.1. The van der Waals surface area contributed by atoms with Crippen molar-refractivity contribution in [2.45, 2.75) is 109 Å². The van der Waals surface area contributed by atoms with Gasteiger partial charge in [0.2, 0.25) is 0 Å². The van der Waals surface area contributed by atoms with Gasteiger partial charge in [-0.3, -0.25) is 4.79 Å². The Bertz CT molecular complexity index is 1630. The van der Waals surface area contributed by atoms with Gasteiger partial charge in [-0.2, -0.15) is 5.26 Å². The molecule has 4 N–H and O–H groups in total. The van der Waals surface area contributed by atoms with Gasteiger partial charge in [-0.15, -0.1) is 5.10 Å². The predicted molar refractivity (Wildman–Crippen MR) is 190 cm³/mol. The highest BCUT2D eigenvalue weighted by Crippen LogP contribution is 2.47. The van der Waals surface area contributed by atoms with Gasteiger partial charge < -0.3 is 20.9 Å². The molecule has 3 aromatic rings. The molecule has 254 valence electrons. The average molecular weight is 650 g/mol. The number of nitrogens with one attached hydrogen (secondary N) is 4. The molecule has 48 heavy (non-hydrogen) atoms. The van der Waals surface area contributed by atoms with E-state index >= 15 is 0 Å². The minimum absolute atomic E-state index is 0.00477. The highest BCUT2D eigenvalue weighted by Gasteiger charge is 2.45. The number of amides is 1. The van der Waals surface area contributed by atoms with Crippen LogP contribution in [0.15, 0.2) is 55.3 Å². The first-order valence-electron chi connectivity index (χ1n) is 17.0. The Morgan fingerprint density at radius 1 is 1.04 bits per heavy atom. The molecule has 10 nitrogen and oxygen atoms in total. The largest absolute Gasteiger partial charge is 0.380 e. The molecule has 1 aliphatic heterocycles. The van der Waals surface area contributed by atoms with Gasteiger partial charge >= 0.3 is 0 Å². The number of hydrogen-bond acceptors (Lipinski definition) is 8. The molecule has 0 radical (unpaired) electrons. The standard InChI is InChI=1S/C38H51N9O/c1-24(40-23-25(2)47-18-10-11-31(47)22-39)21-38(35-43-45-46-44-35)32-16-14-27(26(3)41-36(4,5)6)19-28(32)12-13-29-20-30(15-17-33(29)38)34(48)42-37(7,8)9/h14-17,19-20,24,31,40-41H,2-3,10-13,18,21,23H2,1,4-9H3,(H,42,48)(H,43,44,45,46)/t24-,31?,38?/m1/s1. The first-order valence-corrected chi connectivity index (χ1v) is 17.0. The summed E-state index contributed by atoms with van der Waals surface area (Å²) in [4.78, 5) is 15.5. The Hall–Kier alpha value is -4.49. The number of benzene rings is 2. The number of H-pyrrole nitrogens is 1. The van der Waals surface area contributed by atoms with Gasteiger partial charge in [0.25, 0.3) is 5.91 Å². The van der Waals surface area contributed by atoms with Gasteiger partial charge in [-0.05, 0) is 137 Å². The lowest BCUT2D eigenvalue weighted by atomic mass is 9.67. The number of nitrogens with zero attached hydrogens (tertiary/aromatic N) is 5. The number of tetrazole rings is 1. The first kappa shape index (κ1) is 34.8. The Kier molecular flexibility index (Phi) is 9.84. The number of carbonyl (C=O) groups excluding carboxylic acids is 1. The van der Waals surface area contributed by atoms with Crippen molar-refractivity contribution in [1.29, 1.82) is 5.26 Å². The molecule has 1 fully saturated rings. The number of fused-ring (bicyclic) bond motifs is 2. The van der Waals surface area contributed by atoms with Crippen LogP contribution in [-0.4, -0.2) is 67.7 Å². The fourth-order valence-electron chi connectivity index (χ4n) is 7.23. The molecule has 1 aliphatic carbocycles. The predicted octanol–water partition coefficient (Wildman–Crippen LogP) is 5.39. The Morgan fingerprint density at radius 3 is 2.25 bits per heavy atom. The van der Waals surface area contributed by atoms with Crippen LogP contribution in [0.2, 0.25) is 0 Å². The monoisotopic (exact) mass is 649 g/mol. The number of likely N-dealkylation sites (tertiary alicyclic amines) is 1. The summed E-state index contributed by atoms with van der Waals surface area (Å²) in [5.41, 5.74) is 6.67. The number of aromatic nitrogens is 4. The molecule has 5 rings (SSSR count). The van der Waals surface area contributed by atoms with Crippen LogP contribution in [-0.2, 0) is 18.3 Å². The third-order valence-corrected chi connectivity index (χ3v) is 9.24. The van der Waals surface area contributed by atoms with Crippen molar-refractivity contribution in [2.24, 2.45) is 0 Å². The van der Waals surface area contributed by atoms with E-state index in [9.17, 15) is 10.1 Å². The Balaban J connectivity index is 1.59. The maximum absolute atomic E-state index is 13.3. The fourth-order valence-corrected chi connectivity index (χ4v) is 7.23. The average Bonchev–Trinajstić information content (AvgIpc) is 3.71. The molecule has 0 bridgehead atoms. The van der Waals surface area contributed by atoms with Crippen LogP contribution < -0.4 is 16.0 Å². The van der Waals surface area contributed by atoms with E-state index in [1.54, 1.807) is 0 Å². The smallest absolute Gasteiger partial charge is 0.251 e. The second-order valence-corrected chi connectivity index (χ2v) is 15.5. The van der Waals surface area contributed by atoms with Crippen LogP contribution in [0.1, 0.15) is 112 Å². The Labute approximate surface area is 285 Å². The summed E-state index contributed by atoms with van der Waals surface area (Å²) in [5, 5.41) is 35.9. The normalized spacial score (nSPS) is 19.8. The SMILES string of the molecule is C=C(NC(C)(C)C)c1ccc2c(c1)CCc1cc(C(=O)NC(C)(C)C)ccc1C2(C[C@@H](C)NCC(=C)N1CCCC1C#N)c1nnn[nH]1. The molecule has 1 amide bonds. The van der Waals surface area contributed by atoms with Crippen molar-refractivity contribution in [3.8, 4) is 6.07 Å². The van der Waals surface area contributed by atoms with E-state index in [1.807, 2.05) is 32.9 Å². The zero-order chi connectivity index (χ0) is 34.9. The molecule has 2 heterocycles. The summed E-state index contributed by atoms with van der Waals surface area (Å²) < 4.78 is 0. The van der Waals surface area contributed by atoms with Crippen LogP contribution in [0.25, 0.3) is 5.70 Å². The first-order chi connectivity index (χ1) is 22.6. The van der Waals surface area contributed by atoms with Crippen molar-refractivity contribution >= 4 is 11.6 Å². The van der Waals surface area contributed by atoms with Crippen LogP contribution in [0.4, 0.5) is 0 Å². The van der Waals surface area contributed by atoms with Gasteiger partial charge in [-0.25, -0.2) is 5.10 Å². The zero-order valence-corrected chi connectivity index (χ0v) is 29.6. The highest BCUT2D eigenvalue weighted by molar-refractivity contribution is 5.95. The molecule has 0 spiro atoms. The molecule has 0 saturated carbocycles. The second-order valence-electron chi connectivity index (χ2n) is 15.5. The van der Waals surface area contributed by atoms with Crippen molar-refractivity contribution in [3.63, 3.8) is 0 Å². The number of aromatic amines is 1. The molecule has 2 unspecified atom stereocenters. The lowest BCUT2D eigenvalue weighted by Gasteiger charge is -2.37. The maximum atomic E-state index is 13.3. The maximum Gasteiger partial charge on any atom is 0.251 e. The summed E-state index contributed by atoms with van der Waals surface area (Å²) >= 11 is 0. The molecule has 1 saturated heterocycles. The van der Waals surface area contributed by atoms with Crippen molar-refractivity contribution in [1.82, 2.24) is 41.5 Å². The van der Waals surface area contributed by atoms with Gasteiger partial charge in [0.15, 0.2) is 5.82 Å². The zero-order valence-electron chi connectivity index (χ0n) is 29.6. The number of aryl methyl sites for hydroxylation is 2. The summed E-state index contributed by atoms with van der Waals surface area (Å²) in [7, 11) is 0. The van der Waals surface area contributed by atoms with Gasteiger partial charge in [0, 0.05) is 47.2 Å². The van der Waals surface area contributed by atoms with Crippen molar-refractivity contribution in [2.75, 3.05) is 13.1 Å². The van der Waals surface area contributed by atoms with E-state index < -0.39 is 5.41 Å². The van der Waals surface area contributed by atoms with Crippen LogP contribution in [0.5, 0.6) is 0 Å². The summed E-state index contributed by atoms with van der Waals surface area (Å²) in [6.45, 7) is 24.6. The number of nitriles is 1. The quantitative estimate of drug-likeness (QED) is 0.230. The van der Waals surface area contributed by atoms with Crippen LogP contribution >= 0.6 is 0 Å². The Morgan fingerprint density at radius 2 is 1.67 bits per heavy atom. The molecule has 2 aromatic carbocycles. The lowest BCUT2D eigenvalue weighted by Crippen LogP contribution is -2.42. The third kappa shape index (κ3) is 7.47. The van der Waals surface area contributed by atoms with Crippen molar-refractivity contribution < 1.29 is 4.79 Å².